The molecule has 1 aliphatic carbocycles. The van der Waals surface area contributed by atoms with Gasteiger partial charge in [0.25, 0.3) is 0 Å². The molecule has 2 N–H and O–H groups in total. The highest BCUT2D eigenvalue weighted by Crippen LogP contribution is 2.47. The molecule has 1 unspecified atom stereocenters. The van der Waals surface area contributed by atoms with E-state index in [1.54, 1.807) is 24.3 Å². The summed E-state index contributed by atoms with van der Waals surface area (Å²) in [5.41, 5.74) is 4.40. The fraction of sp³-hybridized carbons (Fsp3) is 0.273. The molecule has 1 heterocycles. The number of fused-ring (bicyclic) bond motifs is 1. The maximum atomic E-state index is 13.2. The Bertz CT molecular complexity index is 1070. The third-order valence-electron chi connectivity index (χ3n) is 5.20. The van der Waals surface area contributed by atoms with Crippen molar-refractivity contribution in [3.05, 3.63) is 74.7 Å². The highest BCUT2D eigenvalue weighted by Gasteiger charge is 2.39. The standard InChI is InChI=1S/C22H19Cl2N3O/c1-22(2)10-18-20(19(28)11-22)21(14-6-4-12(23)8-15(14)24)27-17-9-13(25-3)5-7-16(17)26-18/h4-9,21,26-27H,10-11H2,1-2H3. The fourth-order valence-corrected chi connectivity index (χ4v) is 4.49. The van der Waals surface area contributed by atoms with E-state index < -0.39 is 6.04 Å². The van der Waals surface area contributed by atoms with E-state index in [-0.39, 0.29) is 11.2 Å². The first-order chi connectivity index (χ1) is 13.3. The number of hydrogen-bond donors (Lipinski definition) is 2. The number of anilines is 2. The van der Waals surface area contributed by atoms with Gasteiger partial charge in [-0.3, -0.25) is 4.79 Å². The van der Waals surface area contributed by atoms with E-state index in [1.165, 1.54) is 0 Å². The van der Waals surface area contributed by atoms with Gasteiger partial charge < -0.3 is 10.6 Å². The highest BCUT2D eigenvalue weighted by molar-refractivity contribution is 6.35. The van der Waals surface area contributed by atoms with Crippen LogP contribution in [-0.4, -0.2) is 5.78 Å². The zero-order valence-corrected chi connectivity index (χ0v) is 17.1. The molecule has 0 bridgehead atoms. The van der Waals surface area contributed by atoms with E-state index >= 15 is 0 Å². The van der Waals surface area contributed by atoms with Crippen molar-refractivity contribution in [3.8, 4) is 0 Å². The van der Waals surface area contributed by atoms with Crippen LogP contribution in [0.5, 0.6) is 0 Å². The van der Waals surface area contributed by atoms with Crippen LogP contribution in [0, 0.1) is 12.0 Å². The van der Waals surface area contributed by atoms with Gasteiger partial charge in [0.05, 0.1) is 18.3 Å². The van der Waals surface area contributed by atoms with Crippen LogP contribution < -0.4 is 10.6 Å². The predicted octanol–water partition coefficient (Wildman–Crippen LogP) is 6.77. The average Bonchev–Trinajstić information content (AvgIpc) is 2.76. The largest absolute Gasteiger partial charge is 0.373 e. The van der Waals surface area contributed by atoms with Gasteiger partial charge in [0.2, 0.25) is 0 Å². The molecule has 142 valence electrons. The van der Waals surface area contributed by atoms with E-state index in [0.29, 0.717) is 27.7 Å². The van der Waals surface area contributed by atoms with Gasteiger partial charge in [-0.25, -0.2) is 4.85 Å². The molecule has 4 nitrogen and oxygen atoms in total. The third kappa shape index (κ3) is 3.37. The molecule has 0 saturated heterocycles. The Morgan fingerprint density at radius 3 is 2.61 bits per heavy atom. The number of allylic oxidation sites excluding steroid dienone is 1. The monoisotopic (exact) mass is 411 g/mol. The second kappa shape index (κ2) is 6.84. The first-order valence-electron chi connectivity index (χ1n) is 9.04. The molecule has 28 heavy (non-hydrogen) atoms. The Labute approximate surface area is 174 Å². The van der Waals surface area contributed by atoms with E-state index in [1.807, 2.05) is 12.1 Å². The lowest BCUT2D eigenvalue weighted by atomic mass is 9.73. The number of benzene rings is 2. The summed E-state index contributed by atoms with van der Waals surface area (Å²) in [5.74, 6) is 0.0977. The van der Waals surface area contributed by atoms with E-state index in [4.69, 9.17) is 29.8 Å². The summed E-state index contributed by atoms with van der Waals surface area (Å²) in [6.45, 7) is 11.5. The lowest BCUT2D eigenvalue weighted by molar-refractivity contribution is -0.118. The number of Topliss-reactive ketones (excluding diaryl/α,β-unsaturated/α-hetero) is 1. The van der Waals surface area contributed by atoms with Gasteiger partial charge in [0.1, 0.15) is 0 Å². The van der Waals surface area contributed by atoms with Gasteiger partial charge in [-0.05, 0) is 41.7 Å². The topological polar surface area (TPSA) is 45.5 Å². The van der Waals surface area contributed by atoms with Crippen LogP contribution in [-0.2, 0) is 4.79 Å². The summed E-state index contributed by atoms with van der Waals surface area (Å²) < 4.78 is 0. The maximum Gasteiger partial charge on any atom is 0.189 e. The van der Waals surface area contributed by atoms with Crippen molar-refractivity contribution in [2.75, 3.05) is 10.6 Å². The summed E-state index contributed by atoms with van der Waals surface area (Å²) >= 11 is 12.6. The molecule has 2 aliphatic rings. The molecule has 2 aromatic carbocycles. The number of nitrogens with one attached hydrogen (secondary N) is 2. The van der Waals surface area contributed by atoms with Gasteiger partial charge in [0.15, 0.2) is 11.5 Å². The van der Waals surface area contributed by atoms with Crippen LogP contribution >= 0.6 is 23.2 Å². The summed E-state index contributed by atoms with van der Waals surface area (Å²) in [5, 5.41) is 7.95. The number of halogens is 2. The van der Waals surface area contributed by atoms with Crippen molar-refractivity contribution >= 4 is 46.0 Å². The van der Waals surface area contributed by atoms with E-state index in [9.17, 15) is 4.79 Å². The molecule has 4 rings (SSSR count). The second-order valence-corrected chi connectivity index (χ2v) is 8.89. The van der Waals surface area contributed by atoms with Gasteiger partial charge in [0, 0.05) is 33.4 Å². The van der Waals surface area contributed by atoms with Gasteiger partial charge in [-0.1, -0.05) is 49.2 Å². The molecule has 0 aromatic heterocycles. The zero-order valence-electron chi connectivity index (χ0n) is 15.6. The van der Waals surface area contributed by atoms with Crippen LogP contribution in [0.3, 0.4) is 0 Å². The predicted molar refractivity (Wildman–Crippen MR) is 114 cm³/mol. The number of carbonyl (C=O) groups excluding carboxylic acids is 1. The van der Waals surface area contributed by atoms with Gasteiger partial charge in [-0.2, -0.15) is 0 Å². The number of hydrogen-bond acceptors (Lipinski definition) is 3. The van der Waals surface area contributed by atoms with Crippen LogP contribution in [0.4, 0.5) is 17.1 Å². The third-order valence-corrected chi connectivity index (χ3v) is 5.76. The molecule has 0 saturated carbocycles. The van der Waals surface area contributed by atoms with E-state index in [2.05, 4.69) is 29.3 Å². The van der Waals surface area contributed by atoms with Crippen LogP contribution in [0.15, 0.2) is 47.7 Å². The fourth-order valence-electron chi connectivity index (χ4n) is 3.97. The summed E-state index contributed by atoms with van der Waals surface area (Å²) in [4.78, 5) is 16.7. The minimum atomic E-state index is -0.418. The lowest BCUT2D eigenvalue weighted by Crippen LogP contribution is -2.31. The van der Waals surface area contributed by atoms with Gasteiger partial charge >= 0.3 is 0 Å². The van der Waals surface area contributed by atoms with Crippen molar-refractivity contribution in [2.45, 2.75) is 32.7 Å². The van der Waals surface area contributed by atoms with Crippen LogP contribution in [0.1, 0.15) is 38.3 Å². The van der Waals surface area contributed by atoms with Crippen LogP contribution in [0.2, 0.25) is 10.0 Å². The molecule has 0 spiro atoms. The summed E-state index contributed by atoms with van der Waals surface area (Å²) in [6, 6.07) is 10.3. The Hall–Kier alpha value is -2.48. The summed E-state index contributed by atoms with van der Waals surface area (Å²) in [6.07, 6.45) is 1.22. The Kier molecular flexibility index (Phi) is 4.61. The minimum absolute atomic E-state index is 0.0977. The molecule has 6 heteroatoms. The normalized spacial score (nSPS) is 20.2. The van der Waals surface area contributed by atoms with E-state index in [0.717, 1.165) is 29.1 Å². The molecule has 2 aromatic rings. The lowest BCUT2D eigenvalue weighted by Gasteiger charge is -2.34. The zero-order chi connectivity index (χ0) is 20.1. The quantitative estimate of drug-likeness (QED) is 0.509. The Morgan fingerprint density at radius 1 is 1.11 bits per heavy atom. The van der Waals surface area contributed by atoms with Crippen LogP contribution in [0.25, 0.3) is 4.85 Å². The second-order valence-electron chi connectivity index (χ2n) is 8.04. The number of carbonyl (C=O) groups is 1. The molecule has 1 aliphatic heterocycles. The smallest absolute Gasteiger partial charge is 0.189 e. The molecule has 1 atom stereocenters. The van der Waals surface area contributed by atoms with Crippen molar-refractivity contribution in [2.24, 2.45) is 5.41 Å². The van der Waals surface area contributed by atoms with Gasteiger partial charge in [-0.15, -0.1) is 0 Å². The number of rotatable bonds is 1. The van der Waals surface area contributed by atoms with Crippen molar-refractivity contribution in [3.63, 3.8) is 0 Å². The SMILES string of the molecule is [C-]#[N+]c1ccc2c(c1)NC(c1ccc(Cl)cc1Cl)C1=C(CC(C)(C)CC1=O)N2. The van der Waals surface area contributed by atoms with Crippen molar-refractivity contribution in [1.29, 1.82) is 0 Å². The summed E-state index contributed by atoms with van der Waals surface area (Å²) in [7, 11) is 0. The molecule has 0 radical (unpaired) electrons. The minimum Gasteiger partial charge on any atom is -0.373 e. The Balaban J connectivity index is 1.92. The molecular weight excluding hydrogens is 393 g/mol. The number of ketones is 1. The number of nitrogens with zero attached hydrogens (tertiary/aromatic N) is 1. The highest BCUT2D eigenvalue weighted by atomic mass is 35.5. The molecule has 0 amide bonds. The van der Waals surface area contributed by atoms with Crippen molar-refractivity contribution in [1.82, 2.24) is 0 Å². The first-order valence-corrected chi connectivity index (χ1v) is 9.79. The molecular formula is C22H19Cl2N3O. The van der Waals surface area contributed by atoms with Crippen molar-refractivity contribution < 1.29 is 4.79 Å². The average molecular weight is 412 g/mol. The maximum absolute atomic E-state index is 13.2. The Morgan fingerprint density at radius 2 is 1.89 bits per heavy atom. The first kappa shape index (κ1) is 18.9. The molecule has 0 fully saturated rings.